The fourth-order valence-corrected chi connectivity index (χ4v) is 5.86. The first kappa shape index (κ1) is 26.3. The molecule has 0 saturated carbocycles. The van der Waals surface area contributed by atoms with Crippen LogP contribution in [0.2, 0.25) is 5.02 Å². The van der Waals surface area contributed by atoms with E-state index in [0.717, 1.165) is 5.56 Å². The van der Waals surface area contributed by atoms with E-state index < -0.39 is 40.7 Å². The number of benzene rings is 3. The van der Waals surface area contributed by atoms with Gasteiger partial charge in [-0.1, -0.05) is 41.9 Å². The third-order valence-corrected chi connectivity index (χ3v) is 7.85. The molecule has 0 aliphatic carbocycles. The number of aromatic nitrogens is 2. The maximum atomic E-state index is 14.3. The van der Waals surface area contributed by atoms with Crippen LogP contribution in [0.3, 0.4) is 0 Å². The van der Waals surface area contributed by atoms with Crippen molar-refractivity contribution in [3.8, 4) is 0 Å². The van der Waals surface area contributed by atoms with E-state index in [9.17, 15) is 24.0 Å². The summed E-state index contributed by atoms with van der Waals surface area (Å²) in [5, 5.41) is 3.12. The summed E-state index contributed by atoms with van der Waals surface area (Å²) in [7, 11) is 0. The second-order valence-corrected chi connectivity index (χ2v) is 10.6. The number of fused-ring (bicyclic) bond motifs is 3. The van der Waals surface area contributed by atoms with Crippen LogP contribution in [0.4, 0.5) is 10.5 Å². The van der Waals surface area contributed by atoms with Crippen LogP contribution in [0.5, 0.6) is 0 Å². The van der Waals surface area contributed by atoms with E-state index in [1.54, 1.807) is 18.2 Å². The summed E-state index contributed by atoms with van der Waals surface area (Å²) in [5.41, 5.74) is 4.96. The molecule has 3 amide bonds. The summed E-state index contributed by atoms with van der Waals surface area (Å²) in [4.78, 5) is 68.7. The van der Waals surface area contributed by atoms with Gasteiger partial charge in [-0.2, -0.15) is 0 Å². The van der Waals surface area contributed by atoms with Crippen LogP contribution in [0.15, 0.2) is 76.3 Å². The Morgan fingerprint density at radius 2 is 1.83 bits per heavy atom. The number of halogens is 1. The maximum absolute atomic E-state index is 14.3. The molecule has 1 aromatic heterocycles. The molecule has 4 N–H and O–H groups in total. The van der Waals surface area contributed by atoms with Crippen molar-refractivity contribution in [2.24, 2.45) is 5.73 Å². The molecule has 1 saturated heterocycles. The minimum absolute atomic E-state index is 0.0274. The summed E-state index contributed by atoms with van der Waals surface area (Å²) in [6.07, 6.45) is -0.231. The first-order chi connectivity index (χ1) is 19.6. The number of rotatable bonds is 5. The average Bonchev–Trinajstić information content (AvgIpc) is 3.37. The van der Waals surface area contributed by atoms with E-state index in [-0.39, 0.29) is 36.1 Å². The lowest BCUT2D eigenvalue weighted by atomic mass is 9.90. The molecule has 11 nitrogen and oxygen atoms in total. The number of primary amides is 1. The standard InChI is InChI=1S/C29H24ClN5O6/c30-18-7-8-20-19(14-18)29(41-28(40)33-20)10-11-34(15-29)26(38)23(12-16-4-2-1-3-5-16)35-22-9-6-17(24(31)36)13-21(22)32-25(37)27(35)39/h1-9,13-14,23H,10-12,15H2,(H2,31,36)(H,32,37)(H,33,40)/t23-,29-/m0/s1. The van der Waals surface area contributed by atoms with Gasteiger partial charge in [0.05, 0.1) is 23.3 Å². The highest BCUT2D eigenvalue weighted by molar-refractivity contribution is 6.30. The largest absolute Gasteiger partial charge is 0.436 e. The molecule has 2 atom stereocenters. The number of H-pyrrole nitrogens is 1. The molecular formula is C29H24ClN5O6. The number of nitrogens with two attached hydrogens (primary N) is 1. The average molecular weight is 574 g/mol. The topological polar surface area (TPSA) is 157 Å². The number of hydrogen-bond acceptors (Lipinski definition) is 6. The Hall–Kier alpha value is -4.90. The monoisotopic (exact) mass is 573 g/mol. The highest BCUT2D eigenvalue weighted by Gasteiger charge is 2.49. The smallest absolute Gasteiger partial charge is 0.412 e. The lowest BCUT2D eigenvalue weighted by molar-refractivity contribution is -0.134. The van der Waals surface area contributed by atoms with Crippen molar-refractivity contribution >= 4 is 46.2 Å². The first-order valence-corrected chi connectivity index (χ1v) is 13.2. The number of likely N-dealkylation sites (tertiary alicyclic amines) is 1. The number of nitrogens with one attached hydrogen (secondary N) is 2. The Morgan fingerprint density at radius 3 is 2.59 bits per heavy atom. The third kappa shape index (κ3) is 4.63. The Bertz CT molecular complexity index is 1850. The molecule has 41 heavy (non-hydrogen) atoms. The van der Waals surface area contributed by atoms with E-state index in [4.69, 9.17) is 22.1 Å². The van der Waals surface area contributed by atoms with Gasteiger partial charge >= 0.3 is 17.2 Å². The van der Waals surface area contributed by atoms with Crippen molar-refractivity contribution < 1.29 is 19.1 Å². The van der Waals surface area contributed by atoms with Crippen molar-refractivity contribution in [2.45, 2.75) is 24.5 Å². The number of aromatic amines is 1. The van der Waals surface area contributed by atoms with E-state index in [2.05, 4.69) is 10.3 Å². The van der Waals surface area contributed by atoms with E-state index in [0.29, 0.717) is 22.7 Å². The van der Waals surface area contributed by atoms with Gasteiger partial charge in [-0.15, -0.1) is 0 Å². The molecule has 4 aromatic rings. The molecule has 2 aliphatic heterocycles. The molecule has 1 fully saturated rings. The van der Waals surface area contributed by atoms with Crippen LogP contribution in [0.1, 0.15) is 33.9 Å². The third-order valence-electron chi connectivity index (χ3n) is 7.61. The van der Waals surface area contributed by atoms with Crippen LogP contribution in [0.25, 0.3) is 11.0 Å². The molecule has 6 rings (SSSR count). The summed E-state index contributed by atoms with van der Waals surface area (Å²) in [5.74, 6) is -1.14. The van der Waals surface area contributed by atoms with E-state index >= 15 is 0 Å². The zero-order valence-corrected chi connectivity index (χ0v) is 22.3. The maximum Gasteiger partial charge on any atom is 0.412 e. The highest BCUT2D eigenvalue weighted by atomic mass is 35.5. The molecule has 0 unspecified atom stereocenters. The zero-order chi connectivity index (χ0) is 28.9. The molecule has 1 spiro atoms. The highest BCUT2D eigenvalue weighted by Crippen LogP contribution is 2.44. The second-order valence-electron chi connectivity index (χ2n) is 10.1. The van der Waals surface area contributed by atoms with E-state index in [1.807, 2.05) is 30.3 Å². The number of nitrogens with zero attached hydrogens (tertiary/aromatic N) is 2. The lowest BCUT2D eigenvalue weighted by Gasteiger charge is -2.36. The summed E-state index contributed by atoms with van der Waals surface area (Å²) in [6.45, 7) is 0.255. The minimum Gasteiger partial charge on any atom is -0.436 e. The number of carbonyl (C=O) groups excluding carboxylic acids is 3. The van der Waals surface area contributed by atoms with Crippen molar-refractivity contribution in [3.63, 3.8) is 0 Å². The van der Waals surface area contributed by atoms with Gasteiger partial charge in [0, 0.05) is 35.5 Å². The van der Waals surface area contributed by atoms with Gasteiger partial charge < -0.3 is 20.4 Å². The van der Waals surface area contributed by atoms with Crippen LogP contribution in [-0.4, -0.2) is 45.4 Å². The fraction of sp³-hybridized carbons (Fsp3) is 0.207. The Kier molecular flexibility index (Phi) is 6.38. The quantitative estimate of drug-likeness (QED) is 0.312. The van der Waals surface area contributed by atoms with Crippen molar-refractivity contribution in [3.05, 3.63) is 109 Å². The van der Waals surface area contributed by atoms with Gasteiger partial charge in [0.2, 0.25) is 11.8 Å². The SMILES string of the molecule is NC(=O)c1ccc2c(c1)[nH]c(=O)c(=O)n2[C@@H](Cc1ccccc1)C(=O)N1CC[C@@]2(C1)OC(=O)Nc1ccc(Cl)cc12. The van der Waals surface area contributed by atoms with Crippen molar-refractivity contribution in [2.75, 3.05) is 18.4 Å². The van der Waals surface area contributed by atoms with Crippen LogP contribution >= 0.6 is 11.6 Å². The van der Waals surface area contributed by atoms with Crippen LogP contribution in [0, 0.1) is 0 Å². The van der Waals surface area contributed by atoms with Gasteiger partial charge in [-0.3, -0.25) is 29.1 Å². The Labute approximate surface area is 237 Å². The lowest BCUT2D eigenvalue weighted by Crippen LogP contribution is -2.47. The predicted molar refractivity (Wildman–Crippen MR) is 151 cm³/mol. The number of ether oxygens (including phenoxy) is 1. The molecule has 3 heterocycles. The second kappa shape index (κ2) is 9.93. The molecule has 0 radical (unpaired) electrons. The molecule has 3 aromatic carbocycles. The van der Waals surface area contributed by atoms with Gasteiger partial charge in [-0.05, 0) is 42.0 Å². The van der Waals surface area contributed by atoms with Gasteiger partial charge in [0.1, 0.15) is 6.04 Å². The molecule has 0 bridgehead atoms. The summed E-state index contributed by atoms with van der Waals surface area (Å²) in [6, 6.07) is 17.3. The molecule has 12 heteroatoms. The first-order valence-electron chi connectivity index (χ1n) is 12.9. The van der Waals surface area contributed by atoms with Crippen molar-refractivity contribution in [1.29, 1.82) is 0 Å². The minimum atomic E-state index is -1.13. The number of amides is 3. The van der Waals surface area contributed by atoms with Crippen LogP contribution in [-0.2, 0) is 21.6 Å². The molecular weight excluding hydrogens is 550 g/mol. The van der Waals surface area contributed by atoms with Crippen molar-refractivity contribution in [1.82, 2.24) is 14.5 Å². The normalized spacial score (nSPS) is 18.6. The number of anilines is 1. The zero-order valence-electron chi connectivity index (χ0n) is 21.6. The number of carbonyl (C=O) groups is 3. The predicted octanol–water partition coefficient (Wildman–Crippen LogP) is 2.92. The van der Waals surface area contributed by atoms with Crippen LogP contribution < -0.4 is 22.2 Å². The van der Waals surface area contributed by atoms with E-state index in [1.165, 1.54) is 27.7 Å². The number of hydrogen-bond donors (Lipinski definition) is 3. The fourth-order valence-electron chi connectivity index (χ4n) is 5.68. The summed E-state index contributed by atoms with van der Waals surface area (Å²) < 4.78 is 6.94. The Balaban J connectivity index is 1.45. The molecule has 2 aliphatic rings. The van der Waals surface area contributed by atoms with Gasteiger partial charge in [-0.25, -0.2) is 4.79 Å². The Morgan fingerprint density at radius 1 is 1.05 bits per heavy atom. The van der Waals surface area contributed by atoms with Gasteiger partial charge in [0.15, 0.2) is 5.60 Å². The summed E-state index contributed by atoms with van der Waals surface area (Å²) >= 11 is 6.26. The van der Waals surface area contributed by atoms with Gasteiger partial charge in [0.25, 0.3) is 0 Å². The molecule has 208 valence electrons.